The van der Waals surface area contributed by atoms with E-state index in [1.54, 1.807) is 0 Å². The first-order valence-electron chi connectivity index (χ1n) is 9.15. The summed E-state index contributed by atoms with van der Waals surface area (Å²) in [4.78, 5) is 2.26. The van der Waals surface area contributed by atoms with E-state index in [0.717, 1.165) is 22.6 Å². The van der Waals surface area contributed by atoms with E-state index in [0.29, 0.717) is 6.54 Å². The van der Waals surface area contributed by atoms with Crippen LogP contribution < -0.4 is 10.6 Å². The minimum absolute atomic E-state index is 0.553. The summed E-state index contributed by atoms with van der Waals surface area (Å²) in [6.45, 7) is 0.553. The molecule has 2 heteroatoms. The highest BCUT2D eigenvalue weighted by atomic mass is 15.1. The molecule has 0 atom stereocenters. The Kier molecular flexibility index (Phi) is 4.99. The molecule has 0 aliphatic carbocycles. The molecule has 2 nitrogen and oxygen atoms in total. The molecule has 4 aromatic rings. The molecule has 4 aromatic carbocycles. The lowest BCUT2D eigenvalue weighted by atomic mass is 10.0. The van der Waals surface area contributed by atoms with E-state index in [2.05, 4.69) is 102 Å². The van der Waals surface area contributed by atoms with E-state index in [9.17, 15) is 0 Å². The Morgan fingerprint density at radius 2 is 0.926 bits per heavy atom. The van der Waals surface area contributed by atoms with Crippen LogP contribution in [0, 0.1) is 0 Å². The van der Waals surface area contributed by atoms with Crippen molar-refractivity contribution in [3.63, 3.8) is 0 Å². The van der Waals surface area contributed by atoms with Crippen LogP contribution in [-0.4, -0.2) is 0 Å². The minimum Gasteiger partial charge on any atom is -0.326 e. The second-order valence-corrected chi connectivity index (χ2v) is 6.45. The Balaban J connectivity index is 1.74. The second-order valence-electron chi connectivity index (χ2n) is 6.45. The third kappa shape index (κ3) is 3.76. The van der Waals surface area contributed by atoms with Gasteiger partial charge in [-0.2, -0.15) is 0 Å². The maximum absolute atomic E-state index is 5.76. The SMILES string of the molecule is NCc1ccc(N(c2ccccc2)c2ccc(-c3ccccc3)cc2)cc1. The number of para-hydroxylation sites is 1. The molecule has 2 N–H and O–H groups in total. The number of anilines is 3. The van der Waals surface area contributed by atoms with E-state index in [-0.39, 0.29) is 0 Å². The molecule has 0 aromatic heterocycles. The first-order chi connectivity index (χ1) is 13.3. The van der Waals surface area contributed by atoms with E-state index < -0.39 is 0 Å². The summed E-state index contributed by atoms with van der Waals surface area (Å²) in [6, 6.07) is 38.0. The third-order valence-electron chi connectivity index (χ3n) is 4.68. The van der Waals surface area contributed by atoms with Gasteiger partial charge in [0.25, 0.3) is 0 Å². The molecular weight excluding hydrogens is 328 g/mol. The summed E-state index contributed by atoms with van der Waals surface area (Å²) in [6.07, 6.45) is 0. The van der Waals surface area contributed by atoms with Gasteiger partial charge in [0.1, 0.15) is 0 Å². The Bertz CT molecular complexity index is 976. The van der Waals surface area contributed by atoms with Gasteiger partial charge in [-0.1, -0.05) is 72.8 Å². The predicted octanol–water partition coefficient (Wildman–Crippen LogP) is 6.28. The van der Waals surface area contributed by atoms with Crippen LogP contribution in [0.15, 0.2) is 109 Å². The molecule has 0 aliphatic heterocycles. The Hall–Kier alpha value is -3.36. The Morgan fingerprint density at radius 1 is 0.481 bits per heavy atom. The molecule has 0 unspecified atom stereocenters. The van der Waals surface area contributed by atoms with Crippen molar-refractivity contribution in [1.29, 1.82) is 0 Å². The van der Waals surface area contributed by atoms with Crippen LogP contribution in [0.25, 0.3) is 11.1 Å². The molecule has 0 amide bonds. The summed E-state index contributed by atoms with van der Waals surface area (Å²) < 4.78 is 0. The Labute approximate surface area is 160 Å². The van der Waals surface area contributed by atoms with Gasteiger partial charge in [-0.05, 0) is 53.1 Å². The summed E-state index contributed by atoms with van der Waals surface area (Å²) in [7, 11) is 0. The summed E-state index contributed by atoms with van der Waals surface area (Å²) in [5.41, 5.74) is 12.7. The number of benzene rings is 4. The lowest BCUT2D eigenvalue weighted by molar-refractivity contribution is 1.07. The molecule has 0 saturated heterocycles. The number of hydrogen-bond donors (Lipinski definition) is 1. The van der Waals surface area contributed by atoms with Crippen molar-refractivity contribution in [2.75, 3.05) is 4.90 Å². The van der Waals surface area contributed by atoms with Gasteiger partial charge in [-0.15, -0.1) is 0 Å². The quantitative estimate of drug-likeness (QED) is 0.459. The van der Waals surface area contributed by atoms with Gasteiger partial charge < -0.3 is 10.6 Å². The van der Waals surface area contributed by atoms with Crippen molar-refractivity contribution in [3.05, 3.63) is 115 Å². The van der Waals surface area contributed by atoms with E-state index in [1.807, 2.05) is 12.1 Å². The fourth-order valence-electron chi connectivity index (χ4n) is 3.24. The summed E-state index contributed by atoms with van der Waals surface area (Å²) >= 11 is 0. The fraction of sp³-hybridized carbons (Fsp3) is 0.0400. The van der Waals surface area contributed by atoms with Crippen LogP contribution >= 0.6 is 0 Å². The second kappa shape index (κ2) is 7.90. The van der Waals surface area contributed by atoms with Gasteiger partial charge in [-0.25, -0.2) is 0 Å². The lowest BCUT2D eigenvalue weighted by Gasteiger charge is -2.25. The average Bonchev–Trinajstić information content (AvgIpc) is 2.76. The maximum Gasteiger partial charge on any atom is 0.0462 e. The molecule has 0 radical (unpaired) electrons. The van der Waals surface area contributed by atoms with Crippen LogP contribution in [0.2, 0.25) is 0 Å². The van der Waals surface area contributed by atoms with Crippen LogP contribution in [0.1, 0.15) is 5.56 Å². The summed E-state index contributed by atoms with van der Waals surface area (Å²) in [5, 5.41) is 0. The van der Waals surface area contributed by atoms with Crippen molar-refractivity contribution < 1.29 is 0 Å². The number of nitrogens with zero attached hydrogens (tertiary/aromatic N) is 1. The normalized spacial score (nSPS) is 10.6. The Morgan fingerprint density at radius 3 is 1.48 bits per heavy atom. The molecule has 27 heavy (non-hydrogen) atoms. The van der Waals surface area contributed by atoms with Gasteiger partial charge in [0.2, 0.25) is 0 Å². The molecule has 0 fully saturated rings. The van der Waals surface area contributed by atoms with E-state index in [1.165, 1.54) is 11.1 Å². The zero-order valence-corrected chi connectivity index (χ0v) is 15.1. The van der Waals surface area contributed by atoms with Crippen LogP contribution in [0.5, 0.6) is 0 Å². The minimum atomic E-state index is 0.553. The monoisotopic (exact) mass is 350 g/mol. The predicted molar refractivity (Wildman–Crippen MR) is 114 cm³/mol. The van der Waals surface area contributed by atoms with E-state index >= 15 is 0 Å². The smallest absolute Gasteiger partial charge is 0.0462 e. The molecule has 4 rings (SSSR count). The fourth-order valence-corrected chi connectivity index (χ4v) is 3.24. The molecule has 0 spiro atoms. The number of rotatable bonds is 5. The van der Waals surface area contributed by atoms with Crippen molar-refractivity contribution in [1.82, 2.24) is 0 Å². The first kappa shape index (κ1) is 17.1. The van der Waals surface area contributed by atoms with Gasteiger partial charge in [0.05, 0.1) is 0 Å². The molecule has 132 valence electrons. The number of hydrogen-bond acceptors (Lipinski definition) is 2. The van der Waals surface area contributed by atoms with Crippen molar-refractivity contribution in [2.24, 2.45) is 5.73 Å². The first-order valence-corrected chi connectivity index (χ1v) is 9.15. The molecule has 0 bridgehead atoms. The van der Waals surface area contributed by atoms with Gasteiger partial charge in [0.15, 0.2) is 0 Å². The molecule has 0 aliphatic rings. The van der Waals surface area contributed by atoms with Gasteiger partial charge >= 0.3 is 0 Å². The molecule has 0 heterocycles. The van der Waals surface area contributed by atoms with Crippen molar-refractivity contribution in [3.8, 4) is 11.1 Å². The highest BCUT2D eigenvalue weighted by molar-refractivity contribution is 5.78. The van der Waals surface area contributed by atoms with E-state index in [4.69, 9.17) is 5.73 Å². The molecular formula is C25H22N2. The standard InChI is InChI=1S/C25H22N2/c26-19-20-11-15-24(16-12-20)27(23-9-5-2-6-10-23)25-17-13-22(14-18-25)21-7-3-1-4-8-21/h1-18H,19,26H2. The third-order valence-corrected chi connectivity index (χ3v) is 4.68. The van der Waals surface area contributed by atoms with Crippen molar-refractivity contribution in [2.45, 2.75) is 6.54 Å². The average molecular weight is 350 g/mol. The zero-order valence-electron chi connectivity index (χ0n) is 15.1. The zero-order chi connectivity index (χ0) is 18.5. The van der Waals surface area contributed by atoms with Gasteiger partial charge in [-0.3, -0.25) is 0 Å². The van der Waals surface area contributed by atoms with Gasteiger partial charge in [0, 0.05) is 23.6 Å². The summed E-state index contributed by atoms with van der Waals surface area (Å²) in [5.74, 6) is 0. The topological polar surface area (TPSA) is 29.3 Å². The van der Waals surface area contributed by atoms with Crippen molar-refractivity contribution >= 4 is 17.1 Å². The molecule has 0 saturated carbocycles. The van der Waals surface area contributed by atoms with Crippen LogP contribution in [-0.2, 0) is 6.54 Å². The highest BCUT2D eigenvalue weighted by Gasteiger charge is 2.12. The lowest BCUT2D eigenvalue weighted by Crippen LogP contribution is -2.10. The largest absolute Gasteiger partial charge is 0.326 e. The maximum atomic E-state index is 5.76. The van der Waals surface area contributed by atoms with Crippen LogP contribution in [0.4, 0.5) is 17.1 Å². The highest BCUT2D eigenvalue weighted by Crippen LogP contribution is 2.35. The van der Waals surface area contributed by atoms with Crippen LogP contribution in [0.3, 0.4) is 0 Å². The number of nitrogens with two attached hydrogens (primary N) is 1.